The molecule has 1 saturated carbocycles. The average Bonchev–Trinajstić information content (AvgIpc) is 3.38. The topological polar surface area (TPSA) is 55.2 Å². The van der Waals surface area contributed by atoms with Crippen molar-refractivity contribution in [3.63, 3.8) is 0 Å². The highest BCUT2D eigenvalue weighted by Gasteiger charge is 2.26. The Morgan fingerprint density at radius 2 is 1.64 bits per heavy atom. The van der Waals surface area contributed by atoms with Crippen LogP contribution in [-0.2, 0) is 11.2 Å². The molecule has 5 rings (SSSR count). The lowest BCUT2D eigenvalue weighted by atomic mass is 9.90. The van der Waals surface area contributed by atoms with Crippen molar-refractivity contribution < 1.29 is 4.79 Å². The smallest absolute Gasteiger partial charge is 0.262 e. The first-order valence-corrected chi connectivity index (χ1v) is 13.1. The minimum absolute atomic E-state index is 0.0316. The molecule has 0 radical (unpaired) electrons. The lowest BCUT2D eigenvalue weighted by molar-refractivity contribution is -0.129. The first kappa shape index (κ1) is 22.2. The Morgan fingerprint density at radius 3 is 2.39 bits per heavy atom. The summed E-state index contributed by atoms with van der Waals surface area (Å²) in [7, 11) is 0. The molecule has 6 heteroatoms. The summed E-state index contributed by atoms with van der Waals surface area (Å²) in [6.45, 7) is 1.63. The largest absolute Gasteiger partial charge is 0.342 e. The van der Waals surface area contributed by atoms with E-state index in [0.717, 1.165) is 58.0 Å². The van der Waals surface area contributed by atoms with Gasteiger partial charge in [-0.15, -0.1) is 0 Å². The molecule has 1 aromatic heterocycles. The van der Waals surface area contributed by atoms with E-state index in [-0.39, 0.29) is 17.5 Å². The zero-order valence-electron chi connectivity index (χ0n) is 19.0. The second kappa shape index (κ2) is 10.1. The molecule has 2 aromatic carbocycles. The fraction of sp³-hybridized carbons (Fsp3) is 0.444. The molecule has 0 spiro atoms. The number of rotatable bonds is 6. The number of piperidine rings is 1. The molecule has 0 N–H and O–H groups in total. The van der Waals surface area contributed by atoms with Crippen molar-refractivity contribution in [3.05, 3.63) is 70.5 Å². The molecule has 2 heterocycles. The van der Waals surface area contributed by atoms with Crippen LogP contribution in [0.1, 0.15) is 50.1 Å². The maximum Gasteiger partial charge on any atom is 0.262 e. The van der Waals surface area contributed by atoms with Gasteiger partial charge >= 0.3 is 0 Å². The summed E-state index contributed by atoms with van der Waals surface area (Å²) >= 11 is 1.43. The first-order chi connectivity index (χ1) is 16.2. The van der Waals surface area contributed by atoms with Crippen LogP contribution in [-0.4, -0.2) is 39.2 Å². The lowest BCUT2D eigenvalue weighted by Gasteiger charge is -2.32. The number of carbonyl (C=O) groups excluding carboxylic acids is 1. The Kier molecular flexibility index (Phi) is 6.81. The maximum atomic E-state index is 13.3. The van der Waals surface area contributed by atoms with Crippen molar-refractivity contribution in [2.75, 3.05) is 18.8 Å². The molecule has 1 aliphatic heterocycles. The Hall–Kier alpha value is -2.60. The predicted octanol–water partition coefficient (Wildman–Crippen LogP) is 5.09. The lowest BCUT2D eigenvalue weighted by Crippen LogP contribution is -2.40. The standard InChI is InChI=1S/C27H31N3O2S/c31-25(29-16-14-21(15-17-29)18-20-8-2-1-3-9-20)19-33-27-28-24-13-7-6-12-23(24)26(32)30(27)22-10-4-5-11-22/h1-3,6-9,12-13,21-22H,4-5,10-11,14-19H2. The average molecular weight is 462 g/mol. The van der Waals surface area contributed by atoms with Crippen molar-refractivity contribution in [2.24, 2.45) is 5.92 Å². The zero-order chi connectivity index (χ0) is 22.6. The fourth-order valence-electron chi connectivity index (χ4n) is 5.26. The van der Waals surface area contributed by atoms with Gasteiger partial charge in [0.25, 0.3) is 5.56 Å². The van der Waals surface area contributed by atoms with Gasteiger partial charge in [-0.05, 0) is 55.7 Å². The number of hydrogen-bond acceptors (Lipinski definition) is 4. The van der Waals surface area contributed by atoms with Crippen LogP contribution >= 0.6 is 11.8 Å². The molecule has 0 unspecified atom stereocenters. The van der Waals surface area contributed by atoms with E-state index in [9.17, 15) is 9.59 Å². The van der Waals surface area contributed by atoms with Crippen LogP contribution in [0, 0.1) is 5.92 Å². The summed E-state index contributed by atoms with van der Waals surface area (Å²) in [6.07, 6.45) is 7.49. The fourth-order valence-corrected chi connectivity index (χ4v) is 6.23. The van der Waals surface area contributed by atoms with E-state index < -0.39 is 0 Å². The van der Waals surface area contributed by atoms with Crippen LogP contribution in [0.3, 0.4) is 0 Å². The van der Waals surface area contributed by atoms with Crippen LogP contribution in [0.25, 0.3) is 10.9 Å². The molecule has 3 aromatic rings. The van der Waals surface area contributed by atoms with E-state index in [1.807, 2.05) is 33.7 Å². The number of amides is 1. The molecule has 2 fully saturated rings. The number of hydrogen-bond donors (Lipinski definition) is 0. The molecule has 2 aliphatic rings. The molecule has 1 amide bonds. The Labute approximate surface area is 199 Å². The van der Waals surface area contributed by atoms with Gasteiger partial charge in [-0.3, -0.25) is 14.2 Å². The quantitative estimate of drug-likeness (QED) is 0.379. The van der Waals surface area contributed by atoms with E-state index >= 15 is 0 Å². The Morgan fingerprint density at radius 1 is 0.939 bits per heavy atom. The molecular weight excluding hydrogens is 430 g/mol. The number of para-hydroxylation sites is 1. The number of benzene rings is 2. The van der Waals surface area contributed by atoms with Crippen LogP contribution in [0.15, 0.2) is 64.5 Å². The van der Waals surface area contributed by atoms with Crippen molar-refractivity contribution in [3.8, 4) is 0 Å². The van der Waals surface area contributed by atoms with Crippen LogP contribution in [0.2, 0.25) is 0 Å². The van der Waals surface area contributed by atoms with Gasteiger partial charge in [0.2, 0.25) is 5.91 Å². The molecule has 0 bridgehead atoms. The van der Waals surface area contributed by atoms with Gasteiger partial charge in [-0.1, -0.05) is 67.1 Å². The number of thioether (sulfide) groups is 1. The summed E-state index contributed by atoms with van der Waals surface area (Å²) in [5, 5.41) is 1.36. The Balaban J connectivity index is 1.25. The minimum Gasteiger partial charge on any atom is -0.342 e. The van der Waals surface area contributed by atoms with Crippen molar-refractivity contribution >= 4 is 28.6 Å². The third kappa shape index (κ3) is 5.01. The van der Waals surface area contributed by atoms with Gasteiger partial charge in [-0.25, -0.2) is 4.98 Å². The number of nitrogens with zero attached hydrogens (tertiary/aromatic N) is 3. The third-order valence-electron chi connectivity index (χ3n) is 7.12. The summed E-state index contributed by atoms with van der Waals surface area (Å²) in [5.41, 5.74) is 2.13. The minimum atomic E-state index is 0.0316. The first-order valence-electron chi connectivity index (χ1n) is 12.1. The van der Waals surface area contributed by atoms with Gasteiger partial charge in [-0.2, -0.15) is 0 Å². The maximum absolute atomic E-state index is 13.3. The monoisotopic (exact) mass is 461 g/mol. The molecule has 5 nitrogen and oxygen atoms in total. The molecule has 1 saturated heterocycles. The second-order valence-corrected chi connectivity index (χ2v) is 10.3. The van der Waals surface area contributed by atoms with Gasteiger partial charge in [0.15, 0.2) is 5.16 Å². The molecule has 1 aliphatic carbocycles. The third-order valence-corrected chi connectivity index (χ3v) is 8.06. The summed E-state index contributed by atoms with van der Waals surface area (Å²) in [4.78, 5) is 33.1. The van der Waals surface area contributed by atoms with Gasteiger partial charge in [0.05, 0.1) is 16.7 Å². The number of fused-ring (bicyclic) bond motifs is 1. The van der Waals surface area contributed by atoms with Crippen LogP contribution < -0.4 is 5.56 Å². The summed E-state index contributed by atoms with van der Waals surface area (Å²) in [5.74, 6) is 1.12. The van der Waals surface area contributed by atoms with E-state index in [0.29, 0.717) is 27.7 Å². The second-order valence-electron chi connectivity index (χ2n) is 9.33. The predicted molar refractivity (Wildman–Crippen MR) is 134 cm³/mol. The van der Waals surface area contributed by atoms with Crippen LogP contribution in [0.5, 0.6) is 0 Å². The molecule has 172 valence electrons. The van der Waals surface area contributed by atoms with E-state index in [2.05, 4.69) is 30.3 Å². The van der Waals surface area contributed by atoms with E-state index in [1.165, 1.54) is 17.3 Å². The van der Waals surface area contributed by atoms with Crippen molar-refractivity contribution in [1.82, 2.24) is 14.5 Å². The number of carbonyl (C=O) groups is 1. The van der Waals surface area contributed by atoms with Crippen molar-refractivity contribution in [1.29, 1.82) is 0 Å². The number of aromatic nitrogens is 2. The van der Waals surface area contributed by atoms with E-state index in [4.69, 9.17) is 4.98 Å². The molecular formula is C27H31N3O2S. The highest BCUT2D eigenvalue weighted by Crippen LogP contribution is 2.32. The normalized spacial score (nSPS) is 17.6. The summed E-state index contributed by atoms with van der Waals surface area (Å²) in [6, 6.07) is 18.4. The van der Waals surface area contributed by atoms with E-state index in [1.54, 1.807) is 0 Å². The highest BCUT2D eigenvalue weighted by atomic mass is 32.2. The van der Waals surface area contributed by atoms with Gasteiger partial charge in [0.1, 0.15) is 0 Å². The Bertz CT molecular complexity index is 1160. The number of likely N-dealkylation sites (tertiary alicyclic amines) is 1. The SMILES string of the molecule is O=C(CSc1nc2ccccc2c(=O)n1C1CCCC1)N1CCC(Cc2ccccc2)CC1. The van der Waals surface area contributed by atoms with Crippen LogP contribution in [0.4, 0.5) is 0 Å². The van der Waals surface area contributed by atoms with Gasteiger partial charge < -0.3 is 4.90 Å². The van der Waals surface area contributed by atoms with Gasteiger partial charge in [0, 0.05) is 19.1 Å². The van der Waals surface area contributed by atoms with Crippen molar-refractivity contribution in [2.45, 2.75) is 56.1 Å². The zero-order valence-corrected chi connectivity index (χ0v) is 19.8. The summed E-state index contributed by atoms with van der Waals surface area (Å²) < 4.78 is 1.87. The molecule has 33 heavy (non-hydrogen) atoms. The highest BCUT2D eigenvalue weighted by molar-refractivity contribution is 7.99. The molecule has 0 atom stereocenters.